The van der Waals surface area contributed by atoms with E-state index in [1.807, 2.05) is 31.5 Å². The lowest BCUT2D eigenvalue weighted by Gasteiger charge is -2.21. The number of hydrogen-bond acceptors (Lipinski definition) is 3. The van der Waals surface area contributed by atoms with Crippen LogP contribution in [0.15, 0.2) is 16.7 Å². The van der Waals surface area contributed by atoms with Crippen LogP contribution in [-0.2, 0) is 9.53 Å². The summed E-state index contributed by atoms with van der Waals surface area (Å²) in [4.78, 5) is 25.2. The van der Waals surface area contributed by atoms with E-state index in [2.05, 4.69) is 20.7 Å². The Hall–Kier alpha value is -1.30. The number of likely N-dealkylation sites (N-methyl/N-ethyl adjacent to an activating group) is 1. The third-order valence-electron chi connectivity index (χ3n) is 2.81. The van der Waals surface area contributed by atoms with Crippen molar-refractivity contribution in [1.82, 2.24) is 9.47 Å². The molecule has 0 radical (unpaired) electrons. The van der Waals surface area contributed by atoms with Crippen molar-refractivity contribution in [2.24, 2.45) is 0 Å². The van der Waals surface area contributed by atoms with Gasteiger partial charge in [0.05, 0.1) is 7.11 Å². The smallest absolute Gasteiger partial charge is 0.325 e. The van der Waals surface area contributed by atoms with Crippen LogP contribution in [0.2, 0.25) is 0 Å². The van der Waals surface area contributed by atoms with Crippen molar-refractivity contribution in [3.05, 3.63) is 22.4 Å². The number of hydrogen-bond donors (Lipinski definition) is 0. The van der Waals surface area contributed by atoms with Gasteiger partial charge in [-0.15, -0.1) is 0 Å². The number of ether oxygens (including phenoxy) is 1. The Balaban J connectivity index is 3.00. The van der Waals surface area contributed by atoms with Crippen molar-refractivity contribution in [3.63, 3.8) is 0 Å². The second-order valence-corrected chi connectivity index (χ2v) is 5.36. The van der Waals surface area contributed by atoms with Crippen LogP contribution in [0.1, 0.15) is 37.3 Å². The fraction of sp³-hybridized carbons (Fsp3) is 0.538. The summed E-state index contributed by atoms with van der Waals surface area (Å²) in [5.41, 5.74) is 0.563. The molecule has 0 aliphatic carbocycles. The highest BCUT2D eigenvalue weighted by molar-refractivity contribution is 9.10. The van der Waals surface area contributed by atoms with E-state index in [9.17, 15) is 9.59 Å². The third-order valence-corrected chi connectivity index (χ3v) is 3.24. The predicted molar refractivity (Wildman–Crippen MR) is 76.1 cm³/mol. The maximum Gasteiger partial charge on any atom is 0.325 e. The van der Waals surface area contributed by atoms with E-state index in [-0.39, 0.29) is 18.5 Å². The highest BCUT2D eigenvalue weighted by atomic mass is 79.9. The summed E-state index contributed by atoms with van der Waals surface area (Å²) in [5, 5.41) is 0. The zero-order valence-electron chi connectivity index (χ0n) is 11.6. The molecule has 0 aliphatic heterocycles. The SMILES string of the molecule is CCN(CC(=O)OC)C(=O)c1cc(Br)cn1C(C)C. The molecule has 106 valence electrons. The Morgan fingerprint density at radius 2 is 2.11 bits per heavy atom. The first-order valence-corrected chi connectivity index (χ1v) is 6.93. The number of nitrogens with zero attached hydrogens (tertiary/aromatic N) is 2. The Morgan fingerprint density at radius 1 is 1.47 bits per heavy atom. The Kier molecular flexibility index (Phi) is 5.60. The number of amides is 1. The van der Waals surface area contributed by atoms with Gasteiger partial charge in [-0.2, -0.15) is 0 Å². The fourth-order valence-electron chi connectivity index (χ4n) is 1.75. The van der Waals surface area contributed by atoms with Gasteiger partial charge in [0.15, 0.2) is 0 Å². The topological polar surface area (TPSA) is 51.5 Å². The van der Waals surface area contributed by atoms with Crippen molar-refractivity contribution in [2.45, 2.75) is 26.8 Å². The molecule has 1 aromatic heterocycles. The van der Waals surface area contributed by atoms with Gasteiger partial charge >= 0.3 is 5.97 Å². The third kappa shape index (κ3) is 3.83. The molecule has 0 spiro atoms. The molecular weight excluding hydrogens is 312 g/mol. The van der Waals surface area contributed by atoms with Crippen molar-refractivity contribution >= 4 is 27.8 Å². The van der Waals surface area contributed by atoms with E-state index in [0.717, 1.165) is 4.47 Å². The quantitative estimate of drug-likeness (QED) is 0.779. The molecule has 0 atom stereocenters. The van der Waals surface area contributed by atoms with Crippen molar-refractivity contribution in [2.75, 3.05) is 20.2 Å². The summed E-state index contributed by atoms with van der Waals surface area (Å²) in [7, 11) is 1.31. The van der Waals surface area contributed by atoms with E-state index in [4.69, 9.17) is 0 Å². The minimum absolute atomic E-state index is 0.0350. The predicted octanol–water partition coefficient (Wildman–Crippen LogP) is 2.47. The van der Waals surface area contributed by atoms with Gasteiger partial charge in [-0.25, -0.2) is 0 Å². The van der Waals surface area contributed by atoms with E-state index in [1.54, 1.807) is 6.07 Å². The molecule has 0 fully saturated rings. The molecule has 0 aliphatic rings. The normalized spacial score (nSPS) is 10.6. The standard InChI is InChI=1S/C13H19BrN2O3/c1-5-15(8-12(17)19-4)13(18)11-6-10(14)7-16(11)9(2)3/h6-7,9H,5,8H2,1-4H3. The summed E-state index contributed by atoms with van der Waals surface area (Å²) in [6.45, 7) is 6.25. The van der Waals surface area contributed by atoms with Crippen molar-refractivity contribution in [3.8, 4) is 0 Å². The minimum Gasteiger partial charge on any atom is -0.468 e. The number of rotatable bonds is 5. The maximum absolute atomic E-state index is 12.4. The van der Waals surface area contributed by atoms with Crippen LogP contribution < -0.4 is 0 Å². The van der Waals surface area contributed by atoms with Crippen LogP contribution in [0.25, 0.3) is 0 Å². The van der Waals surface area contributed by atoms with Gasteiger partial charge in [-0.05, 0) is 42.8 Å². The van der Waals surface area contributed by atoms with Crippen LogP contribution in [-0.4, -0.2) is 41.5 Å². The molecule has 0 N–H and O–H groups in total. The first-order chi connectivity index (χ1) is 8.90. The number of carbonyl (C=O) groups excluding carboxylic acids is 2. The van der Waals surface area contributed by atoms with Gasteiger partial charge in [0.2, 0.25) is 0 Å². The van der Waals surface area contributed by atoms with E-state index >= 15 is 0 Å². The molecule has 1 aromatic rings. The number of methoxy groups -OCH3 is 1. The lowest BCUT2D eigenvalue weighted by atomic mass is 10.3. The molecule has 0 aromatic carbocycles. The zero-order chi connectivity index (χ0) is 14.6. The lowest BCUT2D eigenvalue weighted by molar-refractivity contribution is -0.141. The van der Waals surface area contributed by atoms with E-state index < -0.39 is 5.97 Å². The largest absolute Gasteiger partial charge is 0.468 e. The fourth-order valence-corrected chi connectivity index (χ4v) is 2.19. The average molecular weight is 331 g/mol. The molecule has 0 saturated heterocycles. The average Bonchev–Trinajstić information content (AvgIpc) is 2.77. The Labute approximate surface area is 121 Å². The van der Waals surface area contributed by atoms with Gasteiger partial charge in [0.25, 0.3) is 5.91 Å². The Morgan fingerprint density at radius 3 is 2.58 bits per heavy atom. The summed E-state index contributed by atoms with van der Waals surface area (Å²) in [6.07, 6.45) is 1.86. The van der Waals surface area contributed by atoms with Gasteiger partial charge < -0.3 is 14.2 Å². The minimum atomic E-state index is -0.420. The number of carbonyl (C=O) groups is 2. The summed E-state index contributed by atoms with van der Waals surface area (Å²) in [5.74, 6) is -0.593. The van der Waals surface area contributed by atoms with Gasteiger partial charge in [-0.3, -0.25) is 9.59 Å². The second kappa shape index (κ2) is 6.75. The highest BCUT2D eigenvalue weighted by Gasteiger charge is 2.22. The van der Waals surface area contributed by atoms with Crippen LogP contribution in [0.4, 0.5) is 0 Å². The second-order valence-electron chi connectivity index (χ2n) is 4.44. The van der Waals surface area contributed by atoms with E-state index in [1.165, 1.54) is 12.0 Å². The lowest BCUT2D eigenvalue weighted by Crippen LogP contribution is -2.37. The number of halogens is 1. The van der Waals surface area contributed by atoms with Gasteiger partial charge in [-0.1, -0.05) is 0 Å². The molecule has 0 unspecified atom stereocenters. The van der Waals surface area contributed by atoms with Gasteiger partial charge in [0, 0.05) is 23.3 Å². The first-order valence-electron chi connectivity index (χ1n) is 6.14. The highest BCUT2D eigenvalue weighted by Crippen LogP contribution is 2.20. The molecule has 1 rings (SSSR count). The molecular formula is C13H19BrN2O3. The molecule has 5 nitrogen and oxygen atoms in total. The molecule has 0 bridgehead atoms. The molecule has 1 amide bonds. The molecule has 0 saturated carbocycles. The van der Waals surface area contributed by atoms with Crippen molar-refractivity contribution in [1.29, 1.82) is 0 Å². The summed E-state index contributed by atoms with van der Waals surface area (Å²) < 4.78 is 7.33. The van der Waals surface area contributed by atoms with Crippen LogP contribution in [0, 0.1) is 0 Å². The summed E-state index contributed by atoms with van der Waals surface area (Å²) >= 11 is 3.37. The number of esters is 1. The van der Waals surface area contributed by atoms with Crippen LogP contribution in [0.3, 0.4) is 0 Å². The van der Waals surface area contributed by atoms with Crippen molar-refractivity contribution < 1.29 is 14.3 Å². The van der Waals surface area contributed by atoms with E-state index in [0.29, 0.717) is 12.2 Å². The molecule has 1 heterocycles. The molecule has 6 heteroatoms. The van der Waals surface area contributed by atoms with Crippen LogP contribution >= 0.6 is 15.9 Å². The zero-order valence-corrected chi connectivity index (χ0v) is 13.2. The first kappa shape index (κ1) is 15.8. The van der Waals surface area contributed by atoms with Crippen LogP contribution in [0.5, 0.6) is 0 Å². The number of aromatic nitrogens is 1. The monoisotopic (exact) mass is 330 g/mol. The summed E-state index contributed by atoms with van der Waals surface area (Å²) in [6, 6.07) is 1.93. The maximum atomic E-state index is 12.4. The molecule has 19 heavy (non-hydrogen) atoms. The Bertz CT molecular complexity index is 468. The van der Waals surface area contributed by atoms with Gasteiger partial charge in [0.1, 0.15) is 12.2 Å².